The lowest BCUT2D eigenvalue weighted by molar-refractivity contribution is 0.702. The molecule has 2 aromatic carbocycles. The van der Waals surface area contributed by atoms with Crippen LogP contribution in [0.3, 0.4) is 0 Å². The standard InChI is InChI=1S/C7H14.C6H10.2C6H6.C6H14.C6H12.C5H12.C5H10.2C4H10.3C3H8.C2H6/c1-3-5-7-6-4-2;1-2-3-6-4-5-6;2*1-2-4-6-5-3-1;2*1-3-5-6-4-2;2*1-3-5-4-2;2*1-3-4-2;3*1-3-2;1-2/h5,7H,3-4,6H2,1-2H3;2-3,6H,4-5H2,1H3;2*1-6H;3-6H2,1-2H3;5-6H,3-4H2,1-2H3;3-5H2,1-2H3;3,5H,4H2,1-2H3;2*3-4H2,1-2H3;3*3H2,1-2H3;1-2H3/b7-5+;3-2+;;;;6-5+;;5-3+;;;;;;. The van der Waals surface area contributed by atoms with Crippen LogP contribution >= 0.6 is 0 Å². The van der Waals surface area contributed by atoms with Crippen molar-refractivity contribution in [3.8, 4) is 0 Å². The van der Waals surface area contributed by atoms with Crippen LogP contribution in [-0.2, 0) is 0 Å². The van der Waals surface area contributed by atoms with Crippen molar-refractivity contribution in [3.05, 3.63) is 121 Å². The molecular weight excluding hydrogens is 793 g/mol. The van der Waals surface area contributed by atoms with Crippen molar-refractivity contribution in [1.82, 2.24) is 0 Å². The molecule has 1 fully saturated rings. The van der Waals surface area contributed by atoms with E-state index in [-0.39, 0.29) is 0 Å². The van der Waals surface area contributed by atoms with Gasteiger partial charge in [0.05, 0.1) is 0 Å². The van der Waals surface area contributed by atoms with Gasteiger partial charge in [-0.15, -0.1) is 0 Å². The van der Waals surface area contributed by atoms with Crippen molar-refractivity contribution < 1.29 is 0 Å². The summed E-state index contributed by atoms with van der Waals surface area (Å²) in [6.07, 6.45) is 46.1. The summed E-state index contributed by atoms with van der Waals surface area (Å²) >= 11 is 0. The van der Waals surface area contributed by atoms with Crippen molar-refractivity contribution in [3.63, 3.8) is 0 Å². The van der Waals surface area contributed by atoms with Gasteiger partial charge in [0.15, 0.2) is 0 Å². The third-order valence-corrected chi connectivity index (χ3v) is 7.05. The van der Waals surface area contributed by atoms with Gasteiger partial charge in [-0.3, -0.25) is 0 Å². The minimum atomic E-state index is 0.968. The highest BCUT2D eigenvalue weighted by Gasteiger charge is 2.16. The van der Waals surface area contributed by atoms with E-state index in [4.69, 9.17) is 0 Å². The van der Waals surface area contributed by atoms with Crippen LogP contribution in [0.25, 0.3) is 0 Å². The summed E-state index contributed by atoms with van der Waals surface area (Å²) < 4.78 is 0. The van der Waals surface area contributed by atoms with Gasteiger partial charge in [0.2, 0.25) is 0 Å². The fourth-order valence-electron chi connectivity index (χ4n) is 3.20. The number of unbranched alkanes of at least 4 members (excludes halogenated alkanes) is 8. The lowest BCUT2D eigenvalue weighted by atomic mass is 10.2. The summed E-state index contributed by atoms with van der Waals surface area (Å²) in [4.78, 5) is 0. The zero-order chi connectivity index (χ0) is 53.3. The number of hydrogen-bond acceptors (Lipinski definition) is 0. The summed E-state index contributed by atoms with van der Waals surface area (Å²) in [5, 5.41) is 0. The smallest absolute Gasteiger partial charge is 0.0233 e. The van der Waals surface area contributed by atoms with Gasteiger partial charge in [-0.25, -0.2) is 0 Å². The average Bonchev–Trinajstić information content (AvgIpc) is 4.19. The molecule has 0 unspecified atom stereocenters. The predicted octanol–water partition coefficient (Wildman–Crippen LogP) is 26.1. The Morgan fingerprint density at radius 1 is 0.303 bits per heavy atom. The first kappa shape index (κ1) is 89.9. The number of benzene rings is 2. The van der Waals surface area contributed by atoms with Crippen molar-refractivity contribution >= 4 is 0 Å². The van der Waals surface area contributed by atoms with Crippen molar-refractivity contribution in [2.24, 2.45) is 5.92 Å². The molecule has 0 N–H and O–H groups in total. The zero-order valence-corrected chi connectivity index (χ0v) is 50.7. The average molecular weight is 928 g/mol. The molecule has 0 aliphatic heterocycles. The molecule has 0 aromatic heterocycles. The molecule has 1 aliphatic carbocycles. The Balaban J connectivity index is -0.0000000554. The first-order valence-electron chi connectivity index (χ1n) is 28.6. The van der Waals surface area contributed by atoms with Gasteiger partial charge in [-0.05, 0) is 64.7 Å². The second-order valence-corrected chi connectivity index (χ2v) is 15.3. The Bertz CT molecular complexity index is 774. The highest BCUT2D eigenvalue weighted by atomic mass is 14.2. The van der Waals surface area contributed by atoms with Gasteiger partial charge in [0.25, 0.3) is 0 Å². The van der Waals surface area contributed by atoms with E-state index in [2.05, 4.69) is 187 Å². The molecule has 0 atom stereocenters. The summed E-state index contributed by atoms with van der Waals surface area (Å²) in [5.41, 5.74) is 0. The van der Waals surface area contributed by atoms with Gasteiger partial charge < -0.3 is 0 Å². The van der Waals surface area contributed by atoms with Crippen LogP contribution in [0.2, 0.25) is 0 Å². The number of allylic oxidation sites excluding steroid dienone is 8. The van der Waals surface area contributed by atoms with Crippen LogP contribution in [-0.4, -0.2) is 0 Å². The fourth-order valence-corrected chi connectivity index (χ4v) is 3.20. The third kappa shape index (κ3) is 227. The van der Waals surface area contributed by atoms with E-state index in [1.807, 2.05) is 93.6 Å². The van der Waals surface area contributed by atoms with Crippen molar-refractivity contribution in [1.29, 1.82) is 0 Å². The Kier molecular flexibility index (Phi) is 178. The highest BCUT2D eigenvalue weighted by molar-refractivity contribution is 4.99. The molecule has 1 aliphatic rings. The molecular formula is C66H134. The van der Waals surface area contributed by atoms with Gasteiger partial charge in [-0.2, -0.15) is 0 Å². The normalized spacial score (nSPS) is 9.62. The van der Waals surface area contributed by atoms with Gasteiger partial charge in [0.1, 0.15) is 0 Å². The molecule has 0 nitrogen and oxygen atoms in total. The maximum Gasteiger partial charge on any atom is -0.0233 e. The van der Waals surface area contributed by atoms with E-state index in [1.54, 1.807) is 0 Å². The van der Waals surface area contributed by atoms with Crippen LogP contribution in [0.4, 0.5) is 0 Å². The minimum Gasteiger partial charge on any atom is -0.0917 e. The van der Waals surface area contributed by atoms with Gasteiger partial charge >= 0.3 is 0 Å². The molecule has 1 saturated carbocycles. The topological polar surface area (TPSA) is 0 Å². The molecule has 2 aromatic rings. The second-order valence-electron chi connectivity index (χ2n) is 15.3. The van der Waals surface area contributed by atoms with Gasteiger partial charge in [-0.1, -0.05) is 363 Å². The van der Waals surface area contributed by atoms with Crippen LogP contribution in [0.15, 0.2) is 121 Å². The van der Waals surface area contributed by atoms with Crippen LogP contribution in [0.1, 0.15) is 301 Å². The van der Waals surface area contributed by atoms with Crippen molar-refractivity contribution in [2.75, 3.05) is 0 Å². The maximum atomic E-state index is 2.28. The van der Waals surface area contributed by atoms with Crippen LogP contribution in [0.5, 0.6) is 0 Å². The lowest BCUT2D eigenvalue weighted by Crippen LogP contribution is -1.66. The Morgan fingerprint density at radius 3 is 0.652 bits per heavy atom. The molecule has 66 heavy (non-hydrogen) atoms. The second kappa shape index (κ2) is 131. The maximum absolute atomic E-state index is 2.28. The van der Waals surface area contributed by atoms with E-state index in [1.165, 1.54) is 135 Å². The molecule has 0 spiro atoms. The number of hydrogen-bond donors (Lipinski definition) is 0. The molecule has 0 saturated heterocycles. The van der Waals surface area contributed by atoms with E-state index in [0.717, 1.165) is 12.3 Å². The zero-order valence-electron chi connectivity index (χ0n) is 50.7. The summed E-state index contributed by atoms with van der Waals surface area (Å²) in [7, 11) is 0. The molecule has 0 heterocycles. The van der Waals surface area contributed by atoms with E-state index in [0.29, 0.717) is 0 Å². The fraction of sp³-hybridized carbons (Fsp3) is 0.697. The molecule has 0 bridgehead atoms. The SMILES string of the molecule is C/C=C/C1CC1.C/C=C/CC.CC.CC/C=C/CC.CC/C=C/CCC.CCC.CCC.CCC.CCCC.CCCC.CCCCC.CCCCCC.c1ccccc1.c1ccccc1. The van der Waals surface area contributed by atoms with Crippen molar-refractivity contribution in [2.45, 2.75) is 301 Å². The Hall–Kier alpha value is -2.60. The minimum absolute atomic E-state index is 0.968. The van der Waals surface area contributed by atoms with Crippen LogP contribution in [0, 0.1) is 5.92 Å². The van der Waals surface area contributed by atoms with E-state index < -0.39 is 0 Å². The number of rotatable bonds is 14. The van der Waals surface area contributed by atoms with E-state index >= 15 is 0 Å². The first-order chi connectivity index (χ1) is 32.1. The highest BCUT2D eigenvalue weighted by Crippen LogP contribution is 2.29. The summed E-state index contributed by atoms with van der Waals surface area (Å²) in [5.74, 6) is 0.968. The monoisotopic (exact) mass is 927 g/mol. The van der Waals surface area contributed by atoms with Crippen LogP contribution < -0.4 is 0 Å². The quantitative estimate of drug-likeness (QED) is 0.131. The Labute approximate surface area is 426 Å². The summed E-state index contributed by atoms with van der Waals surface area (Å²) in [6, 6.07) is 24.0. The summed E-state index contributed by atoms with van der Waals surface area (Å²) in [6.45, 7) is 49.2. The Morgan fingerprint density at radius 2 is 0.545 bits per heavy atom. The molecule has 0 heteroatoms. The largest absolute Gasteiger partial charge is 0.0917 e. The molecule has 0 radical (unpaired) electrons. The van der Waals surface area contributed by atoms with E-state index in [9.17, 15) is 0 Å². The molecule has 0 amide bonds. The van der Waals surface area contributed by atoms with Gasteiger partial charge in [0, 0.05) is 0 Å². The first-order valence-corrected chi connectivity index (χ1v) is 28.6. The predicted molar refractivity (Wildman–Crippen MR) is 325 cm³/mol. The third-order valence-electron chi connectivity index (χ3n) is 7.05. The molecule has 3 rings (SSSR count). The lowest BCUT2D eigenvalue weighted by Gasteiger charge is -1.86. The molecule has 398 valence electrons.